The van der Waals surface area contributed by atoms with Crippen LogP contribution in [0.25, 0.3) is 127 Å². The summed E-state index contributed by atoms with van der Waals surface area (Å²) in [5.74, 6) is 1.83. The number of aromatic nitrogens is 4. The standard InChI is InChI=1S/C63H40N4/c1-4-17-41(18-5-1)47-28-16-29-50(35-47)55-40-52(67-57-34-33-44-22-14-15-30-53(44)59(57)56-37-48-26-12-13-27-49(48)38-58(56)67)39-54(43-20-6-2-7-21-43)60(55)63-65-61(45-23-8-3-9-24-45)64-62(66-63)51-32-31-42-19-10-11-25-46(42)36-51/h1-40H. The Balaban J connectivity index is 1.17. The second kappa shape index (κ2) is 15.9. The Morgan fingerprint density at radius 3 is 1.52 bits per heavy atom. The molecule has 2 heterocycles. The average Bonchev–Trinajstić information content (AvgIpc) is 3.73. The molecule has 0 atom stereocenters. The minimum absolute atomic E-state index is 0.599. The minimum Gasteiger partial charge on any atom is -0.309 e. The van der Waals surface area contributed by atoms with Crippen LogP contribution in [0.1, 0.15) is 0 Å². The number of hydrogen-bond acceptors (Lipinski definition) is 3. The zero-order valence-electron chi connectivity index (χ0n) is 36.4. The van der Waals surface area contributed by atoms with Crippen LogP contribution in [0.2, 0.25) is 0 Å². The predicted octanol–water partition coefficient (Wildman–Crippen LogP) is 16.4. The molecule has 0 N–H and O–H groups in total. The van der Waals surface area contributed by atoms with Gasteiger partial charge in [0.2, 0.25) is 0 Å². The van der Waals surface area contributed by atoms with Crippen LogP contribution >= 0.6 is 0 Å². The van der Waals surface area contributed by atoms with Gasteiger partial charge >= 0.3 is 0 Å². The number of fused-ring (bicyclic) bond motifs is 7. The van der Waals surface area contributed by atoms with E-state index in [0.717, 1.165) is 77.6 Å². The lowest BCUT2D eigenvalue weighted by molar-refractivity contribution is 1.07. The van der Waals surface area contributed by atoms with Crippen LogP contribution < -0.4 is 0 Å². The summed E-state index contributed by atoms with van der Waals surface area (Å²) in [6, 6.07) is 86.8. The fraction of sp³-hybridized carbons (Fsp3) is 0. The number of benzene rings is 11. The van der Waals surface area contributed by atoms with Crippen molar-refractivity contribution in [1.29, 1.82) is 0 Å². The zero-order chi connectivity index (χ0) is 44.3. The van der Waals surface area contributed by atoms with E-state index in [1.54, 1.807) is 0 Å². The highest BCUT2D eigenvalue weighted by molar-refractivity contribution is 6.23. The van der Waals surface area contributed by atoms with Gasteiger partial charge in [0.05, 0.1) is 11.0 Å². The Morgan fingerprint density at radius 2 is 0.791 bits per heavy atom. The van der Waals surface area contributed by atoms with Crippen LogP contribution in [0.15, 0.2) is 243 Å². The molecule has 312 valence electrons. The molecule has 4 heteroatoms. The maximum atomic E-state index is 5.49. The Hall–Kier alpha value is -8.99. The first-order chi connectivity index (χ1) is 33.2. The van der Waals surface area contributed by atoms with E-state index in [9.17, 15) is 0 Å². The lowest BCUT2D eigenvalue weighted by atomic mass is 9.89. The molecule has 0 spiro atoms. The van der Waals surface area contributed by atoms with E-state index >= 15 is 0 Å². The number of hydrogen-bond donors (Lipinski definition) is 0. The van der Waals surface area contributed by atoms with Crippen LogP contribution in [0.5, 0.6) is 0 Å². The van der Waals surface area contributed by atoms with Gasteiger partial charge in [-0.25, -0.2) is 15.0 Å². The van der Waals surface area contributed by atoms with E-state index in [1.807, 2.05) is 18.2 Å². The first kappa shape index (κ1) is 38.5. The quantitative estimate of drug-likeness (QED) is 0.160. The molecule has 4 nitrogen and oxygen atoms in total. The van der Waals surface area contributed by atoms with Gasteiger partial charge in [-0.05, 0) is 108 Å². The van der Waals surface area contributed by atoms with E-state index in [4.69, 9.17) is 15.0 Å². The molecule has 0 fully saturated rings. The fourth-order valence-electron chi connectivity index (χ4n) is 9.98. The maximum absolute atomic E-state index is 5.49. The molecule has 0 aliphatic carbocycles. The molecule has 0 aliphatic rings. The van der Waals surface area contributed by atoms with Gasteiger partial charge in [0.1, 0.15) is 0 Å². The lowest BCUT2D eigenvalue weighted by Crippen LogP contribution is -2.04. The third-order valence-corrected chi connectivity index (χ3v) is 13.2. The van der Waals surface area contributed by atoms with Gasteiger partial charge in [-0.15, -0.1) is 0 Å². The third kappa shape index (κ3) is 6.74. The van der Waals surface area contributed by atoms with Crippen molar-refractivity contribution in [1.82, 2.24) is 19.5 Å². The molecule has 0 bridgehead atoms. The molecule has 0 saturated carbocycles. The van der Waals surface area contributed by atoms with Crippen LogP contribution in [-0.4, -0.2) is 19.5 Å². The molecule has 0 amide bonds. The minimum atomic E-state index is 0.599. The van der Waals surface area contributed by atoms with Gasteiger partial charge in [0, 0.05) is 33.2 Å². The van der Waals surface area contributed by atoms with Crippen LogP contribution in [-0.2, 0) is 0 Å². The molecule has 0 saturated heterocycles. The van der Waals surface area contributed by atoms with Crippen molar-refractivity contribution in [3.05, 3.63) is 243 Å². The summed E-state index contributed by atoms with van der Waals surface area (Å²) in [5.41, 5.74) is 12.5. The topological polar surface area (TPSA) is 43.6 Å². The Kier molecular flexibility index (Phi) is 9.14. The van der Waals surface area contributed by atoms with Gasteiger partial charge in [-0.3, -0.25) is 0 Å². The second-order valence-corrected chi connectivity index (χ2v) is 17.2. The summed E-state index contributed by atoms with van der Waals surface area (Å²) >= 11 is 0. The Morgan fingerprint density at radius 1 is 0.269 bits per heavy atom. The van der Waals surface area contributed by atoms with Crippen LogP contribution in [0.3, 0.4) is 0 Å². The van der Waals surface area contributed by atoms with Crippen LogP contribution in [0.4, 0.5) is 0 Å². The molecular weight excluding hydrogens is 813 g/mol. The molecule has 0 unspecified atom stereocenters. The van der Waals surface area contributed by atoms with E-state index in [1.165, 1.54) is 32.3 Å². The maximum Gasteiger partial charge on any atom is 0.165 e. The number of rotatable bonds is 7. The monoisotopic (exact) mass is 852 g/mol. The smallest absolute Gasteiger partial charge is 0.165 e. The molecular formula is C63H40N4. The molecule has 13 rings (SSSR count). The van der Waals surface area contributed by atoms with Gasteiger partial charge in [-0.2, -0.15) is 0 Å². The lowest BCUT2D eigenvalue weighted by Gasteiger charge is -2.20. The number of nitrogens with zero attached hydrogens (tertiary/aromatic N) is 4. The van der Waals surface area contributed by atoms with Crippen molar-refractivity contribution in [3.8, 4) is 73.2 Å². The van der Waals surface area contributed by atoms with Crippen molar-refractivity contribution in [2.75, 3.05) is 0 Å². The van der Waals surface area contributed by atoms with Crippen molar-refractivity contribution in [3.63, 3.8) is 0 Å². The normalized spacial score (nSPS) is 11.6. The zero-order valence-corrected chi connectivity index (χ0v) is 36.4. The summed E-state index contributed by atoms with van der Waals surface area (Å²) < 4.78 is 2.47. The van der Waals surface area contributed by atoms with Crippen molar-refractivity contribution < 1.29 is 0 Å². The van der Waals surface area contributed by atoms with E-state index in [2.05, 4.69) is 229 Å². The van der Waals surface area contributed by atoms with Crippen molar-refractivity contribution in [2.45, 2.75) is 0 Å². The molecule has 2 aromatic heterocycles. The van der Waals surface area contributed by atoms with Crippen molar-refractivity contribution >= 4 is 54.1 Å². The second-order valence-electron chi connectivity index (χ2n) is 17.2. The molecule has 11 aromatic carbocycles. The summed E-state index contributed by atoms with van der Waals surface area (Å²) in [7, 11) is 0. The Labute approximate surface area is 387 Å². The predicted molar refractivity (Wildman–Crippen MR) is 279 cm³/mol. The summed E-state index contributed by atoms with van der Waals surface area (Å²) in [5, 5.41) is 9.60. The molecule has 13 aromatic rings. The van der Waals surface area contributed by atoms with Gasteiger partial charge in [0.15, 0.2) is 17.5 Å². The first-order valence-electron chi connectivity index (χ1n) is 22.8. The largest absolute Gasteiger partial charge is 0.309 e. The van der Waals surface area contributed by atoms with Crippen LogP contribution in [0, 0.1) is 0 Å². The first-order valence-corrected chi connectivity index (χ1v) is 22.8. The van der Waals surface area contributed by atoms with E-state index in [-0.39, 0.29) is 0 Å². The fourth-order valence-corrected chi connectivity index (χ4v) is 9.98. The third-order valence-electron chi connectivity index (χ3n) is 13.2. The average molecular weight is 853 g/mol. The SMILES string of the molecule is c1ccc(-c2cccc(-c3cc(-n4c5cc6ccccc6cc5c5c6ccccc6ccc54)cc(-c4ccccc4)c3-c3nc(-c4ccccc4)nc(-c4ccc5ccccc5c4)n3)c2)cc1. The molecule has 67 heavy (non-hydrogen) atoms. The van der Waals surface area contributed by atoms with Gasteiger partial charge < -0.3 is 4.57 Å². The van der Waals surface area contributed by atoms with E-state index in [0.29, 0.717) is 17.5 Å². The highest BCUT2D eigenvalue weighted by atomic mass is 15.0. The molecule has 0 radical (unpaired) electrons. The highest BCUT2D eigenvalue weighted by Gasteiger charge is 2.24. The Bertz CT molecular complexity index is 4030. The summed E-state index contributed by atoms with van der Waals surface area (Å²) in [6.45, 7) is 0. The van der Waals surface area contributed by atoms with E-state index < -0.39 is 0 Å². The van der Waals surface area contributed by atoms with Gasteiger partial charge in [0.25, 0.3) is 0 Å². The van der Waals surface area contributed by atoms with Gasteiger partial charge in [-0.1, -0.05) is 200 Å². The highest BCUT2D eigenvalue weighted by Crippen LogP contribution is 2.45. The summed E-state index contributed by atoms with van der Waals surface area (Å²) in [6.07, 6.45) is 0. The molecule has 0 aliphatic heterocycles. The van der Waals surface area contributed by atoms with Crippen molar-refractivity contribution in [2.24, 2.45) is 0 Å². The summed E-state index contributed by atoms with van der Waals surface area (Å²) in [4.78, 5) is 16.2.